The molecule has 2 bridgehead atoms. The van der Waals surface area contributed by atoms with Gasteiger partial charge in [-0.05, 0) is 55.9 Å². The predicted octanol–water partition coefficient (Wildman–Crippen LogP) is 2.56. The molecule has 1 saturated heterocycles. The summed E-state index contributed by atoms with van der Waals surface area (Å²) >= 11 is 0. The molecule has 4 heterocycles. The standard InChI is InChI=1S/C21H24N6O2/c1-13-2-7-18(22-10-13)25-21(29)27-15-8-9-26(12-15)17-6-5-16(24-19(17)27)20(28)23-11-14-3-4-14/h2,5-7,10,14-15H,3-4,8-9,11-12H2,1H3,(H,23,28)(H,22,25,29)/t15-/m0/s1. The maximum absolute atomic E-state index is 13.1. The Hall–Kier alpha value is -3.16. The third-order valence-electron chi connectivity index (χ3n) is 5.80. The molecule has 1 saturated carbocycles. The molecule has 0 spiro atoms. The average molecular weight is 392 g/mol. The fourth-order valence-corrected chi connectivity index (χ4v) is 3.96. The maximum Gasteiger partial charge on any atom is 0.329 e. The van der Waals surface area contributed by atoms with Crippen molar-refractivity contribution in [3.63, 3.8) is 0 Å². The number of pyridine rings is 2. The van der Waals surface area contributed by atoms with E-state index < -0.39 is 0 Å². The highest BCUT2D eigenvalue weighted by Crippen LogP contribution is 2.39. The predicted molar refractivity (Wildman–Crippen MR) is 110 cm³/mol. The van der Waals surface area contributed by atoms with Gasteiger partial charge in [0.25, 0.3) is 5.91 Å². The molecule has 3 amide bonds. The number of aromatic nitrogens is 2. The first-order valence-electron chi connectivity index (χ1n) is 10.2. The lowest BCUT2D eigenvalue weighted by Crippen LogP contribution is -2.48. The molecule has 3 aliphatic rings. The molecule has 8 nitrogen and oxygen atoms in total. The number of hydrogen-bond acceptors (Lipinski definition) is 5. The number of carbonyl (C=O) groups excluding carboxylic acids is 2. The van der Waals surface area contributed by atoms with Crippen molar-refractivity contribution >= 4 is 29.3 Å². The molecule has 2 fully saturated rings. The van der Waals surface area contributed by atoms with Gasteiger partial charge in [0.2, 0.25) is 0 Å². The van der Waals surface area contributed by atoms with Crippen molar-refractivity contribution in [2.75, 3.05) is 34.8 Å². The van der Waals surface area contributed by atoms with E-state index in [0.717, 1.165) is 30.8 Å². The molecular weight excluding hydrogens is 368 g/mol. The van der Waals surface area contributed by atoms with Crippen LogP contribution in [0.4, 0.5) is 22.1 Å². The number of aryl methyl sites for hydroxylation is 1. The summed E-state index contributed by atoms with van der Waals surface area (Å²) in [6, 6.07) is 7.11. The van der Waals surface area contributed by atoms with Crippen molar-refractivity contribution in [2.24, 2.45) is 5.92 Å². The van der Waals surface area contributed by atoms with Crippen LogP contribution in [0.2, 0.25) is 0 Å². The van der Waals surface area contributed by atoms with Gasteiger partial charge in [0.05, 0.1) is 11.7 Å². The summed E-state index contributed by atoms with van der Waals surface area (Å²) in [5.41, 5.74) is 2.27. The maximum atomic E-state index is 13.1. The number of nitrogens with zero attached hydrogens (tertiary/aromatic N) is 4. The van der Waals surface area contributed by atoms with E-state index in [0.29, 0.717) is 29.8 Å². The molecule has 0 radical (unpaired) electrons. The van der Waals surface area contributed by atoms with Crippen LogP contribution >= 0.6 is 0 Å². The summed E-state index contributed by atoms with van der Waals surface area (Å²) in [5.74, 6) is 1.46. The minimum absolute atomic E-state index is 0.0326. The highest BCUT2D eigenvalue weighted by Gasteiger charge is 2.40. The fourth-order valence-electron chi connectivity index (χ4n) is 3.96. The van der Waals surface area contributed by atoms with E-state index in [1.165, 1.54) is 12.8 Å². The van der Waals surface area contributed by atoms with Gasteiger partial charge in [0.15, 0.2) is 5.82 Å². The lowest BCUT2D eigenvalue weighted by atomic mass is 10.1. The number of anilines is 3. The van der Waals surface area contributed by atoms with E-state index in [-0.39, 0.29) is 18.0 Å². The smallest absolute Gasteiger partial charge is 0.329 e. The lowest BCUT2D eigenvalue weighted by Gasteiger charge is -2.35. The number of rotatable bonds is 4. The van der Waals surface area contributed by atoms with Gasteiger partial charge in [-0.15, -0.1) is 0 Å². The van der Waals surface area contributed by atoms with Gasteiger partial charge in [-0.25, -0.2) is 14.8 Å². The molecule has 2 aliphatic heterocycles. The van der Waals surface area contributed by atoms with Crippen molar-refractivity contribution < 1.29 is 9.59 Å². The van der Waals surface area contributed by atoms with E-state index in [4.69, 9.17) is 0 Å². The van der Waals surface area contributed by atoms with Crippen LogP contribution in [-0.2, 0) is 0 Å². The van der Waals surface area contributed by atoms with Crippen LogP contribution in [0.25, 0.3) is 0 Å². The first-order valence-corrected chi connectivity index (χ1v) is 10.2. The van der Waals surface area contributed by atoms with Gasteiger partial charge < -0.3 is 10.2 Å². The molecule has 0 unspecified atom stereocenters. The zero-order chi connectivity index (χ0) is 20.0. The van der Waals surface area contributed by atoms with Crippen LogP contribution in [0.1, 0.15) is 35.3 Å². The van der Waals surface area contributed by atoms with Crippen molar-refractivity contribution in [1.29, 1.82) is 0 Å². The molecule has 1 aliphatic carbocycles. The molecule has 150 valence electrons. The number of carbonyl (C=O) groups is 2. The molecule has 1 atom stereocenters. The van der Waals surface area contributed by atoms with E-state index in [1.807, 2.05) is 19.1 Å². The number of urea groups is 1. The second-order valence-corrected chi connectivity index (χ2v) is 8.10. The third kappa shape index (κ3) is 3.50. The van der Waals surface area contributed by atoms with Crippen molar-refractivity contribution in [3.05, 3.63) is 41.7 Å². The minimum atomic E-state index is -0.266. The monoisotopic (exact) mass is 392 g/mol. The minimum Gasteiger partial charge on any atom is -0.366 e. The summed E-state index contributed by atoms with van der Waals surface area (Å²) in [7, 11) is 0. The summed E-state index contributed by atoms with van der Waals surface area (Å²) in [4.78, 5) is 38.4. The first kappa shape index (κ1) is 17.9. The van der Waals surface area contributed by atoms with Gasteiger partial charge in [-0.1, -0.05) is 6.07 Å². The molecular formula is C21H24N6O2. The molecule has 5 rings (SSSR count). The molecule has 0 aromatic carbocycles. The third-order valence-corrected chi connectivity index (χ3v) is 5.80. The Morgan fingerprint density at radius 1 is 1.17 bits per heavy atom. The zero-order valence-electron chi connectivity index (χ0n) is 16.4. The largest absolute Gasteiger partial charge is 0.366 e. The van der Waals surface area contributed by atoms with Crippen molar-refractivity contribution in [3.8, 4) is 0 Å². The number of fused-ring (bicyclic) bond motifs is 4. The molecule has 2 aromatic heterocycles. The Kier molecular flexibility index (Phi) is 4.34. The SMILES string of the molecule is Cc1ccc(NC(=O)N2c3nc(C(=O)NCC4CC4)ccc3N3CC[C@H]2C3)nc1. The summed E-state index contributed by atoms with van der Waals surface area (Å²) < 4.78 is 0. The highest BCUT2D eigenvalue weighted by atomic mass is 16.2. The Balaban J connectivity index is 1.42. The highest BCUT2D eigenvalue weighted by molar-refractivity contribution is 6.05. The van der Waals surface area contributed by atoms with Gasteiger partial charge in [-0.3, -0.25) is 15.0 Å². The van der Waals surface area contributed by atoms with Crippen LogP contribution < -0.4 is 20.4 Å². The Morgan fingerprint density at radius 3 is 2.79 bits per heavy atom. The van der Waals surface area contributed by atoms with Crippen LogP contribution in [0.15, 0.2) is 30.5 Å². The lowest BCUT2D eigenvalue weighted by molar-refractivity contribution is 0.0947. The van der Waals surface area contributed by atoms with Gasteiger partial charge in [0, 0.05) is 25.8 Å². The van der Waals surface area contributed by atoms with E-state index in [2.05, 4.69) is 25.5 Å². The second kappa shape index (κ2) is 7.02. The summed E-state index contributed by atoms with van der Waals surface area (Å²) in [5, 5.41) is 5.83. The van der Waals surface area contributed by atoms with Crippen LogP contribution in [0, 0.1) is 12.8 Å². The summed E-state index contributed by atoms with van der Waals surface area (Å²) in [6.07, 6.45) is 4.94. The first-order chi connectivity index (χ1) is 14.1. The average Bonchev–Trinajstić information content (AvgIpc) is 3.47. The number of hydrogen-bond donors (Lipinski definition) is 2. The Bertz CT molecular complexity index is 956. The number of nitrogens with one attached hydrogen (secondary N) is 2. The quantitative estimate of drug-likeness (QED) is 0.835. The Labute approximate surface area is 169 Å². The summed E-state index contributed by atoms with van der Waals surface area (Å²) in [6.45, 7) is 4.29. The topological polar surface area (TPSA) is 90.5 Å². The van der Waals surface area contributed by atoms with Gasteiger partial charge in [-0.2, -0.15) is 0 Å². The van der Waals surface area contributed by atoms with Crippen LogP contribution in [-0.4, -0.2) is 47.6 Å². The van der Waals surface area contributed by atoms with Gasteiger partial charge in [0.1, 0.15) is 11.5 Å². The molecule has 29 heavy (non-hydrogen) atoms. The molecule has 8 heteroatoms. The normalized spacial score (nSPS) is 19.7. The Morgan fingerprint density at radius 2 is 2.03 bits per heavy atom. The van der Waals surface area contributed by atoms with E-state index >= 15 is 0 Å². The van der Waals surface area contributed by atoms with Crippen molar-refractivity contribution in [2.45, 2.75) is 32.2 Å². The van der Waals surface area contributed by atoms with Crippen molar-refractivity contribution in [1.82, 2.24) is 15.3 Å². The van der Waals surface area contributed by atoms with Crippen LogP contribution in [0.3, 0.4) is 0 Å². The van der Waals surface area contributed by atoms with Gasteiger partial charge >= 0.3 is 6.03 Å². The van der Waals surface area contributed by atoms with Crippen LogP contribution in [0.5, 0.6) is 0 Å². The van der Waals surface area contributed by atoms with E-state index in [9.17, 15) is 9.59 Å². The van der Waals surface area contributed by atoms with E-state index in [1.54, 1.807) is 23.2 Å². The molecule has 2 N–H and O–H groups in total. The zero-order valence-corrected chi connectivity index (χ0v) is 16.4. The molecule has 2 aromatic rings. The second-order valence-electron chi connectivity index (χ2n) is 8.10. The number of amides is 3. The fraction of sp³-hybridized carbons (Fsp3) is 0.429.